The summed E-state index contributed by atoms with van der Waals surface area (Å²) >= 11 is 0. The van der Waals surface area contributed by atoms with Crippen molar-refractivity contribution < 1.29 is 19.4 Å². The summed E-state index contributed by atoms with van der Waals surface area (Å²) in [4.78, 5) is 19.9. The van der Waals surface area contributed by atoms with Crippen molar-refractivity contribution >= 4 is 71.1 Å². The number of carbonyl (C=O) groups is 2. The molecule has 2 radical (unpaired) electrons. The average molecular weight is 193 g/mol. The SMILES string of the molecule is NCCCOC(=O)C(=O)O.[Na].[Na]. The van der Waals surface area contributed by atoms with E-state index in [1.807, 2.05) is 0 Å². The molecule has 0 rings (SSSR count). The molecule has 0 atom stereocenters. The molecule has 7 heteroatoms. The topological polar surface area (TPSA) is 89.6 Å². The molecule has 60 valence electrons. The predicted octanol–water partition coefficient (Wildman–Crippen LogP) is -1.80. The van der Waals surface area contributed by atoms with E-state index in [0.29, 0.717) is 13.0 Å². The minimum Gasteiger partial charge on any atom is -0.473 e. The summed E-state index contributed by atoms with van der Waals surface area (Å²) < 4.78 is 4.23. The molecule has 5 nitrogen and oxygen atoms in total. The number of ether oxygens (including phenoxy) is 1. The quantitative estimate of drug-likeness (QED) is 0.239. The Hall–Kier alpha value is 0.900. The molecule has 3 N–H and O–H groups in total. The van der Waals surface area contributed by atoms with Gasteiger partial charge in [-0.15, -0.1) is 0 Å². The van der Waals surface area contributed by atoms with Gasteiger partial charge in [0.2, 0.25) is 0 Å². The fourth-order valence-corrected chi connectivity index (χ4v) is 0.310. The van der Waals surface area contributed by atoms with E-state index in [1.165, 1.54) is 0 Å². The van der Waals surface area contributed by atoms with Gasteiger partial charge in [0.05, 0.1) is 6.61 Å². The molecule has 0 amide bonds. The maximum absolute atomic E-state index is 10.2. The molecule has 0 bridgehead atoms. The zero-order valence-electron chi connectivity index (χ0n) is 7.37. The van der Waals surface area contributed by atoms with Gasteiger partial charge in [-0.2, -0.15) is 0 Å². The van der Waals surface area contributed by atoms with Crippen LogP contribution in [0, 0.1) is 0 Å². The number of carboxylic acid groups (broad SMARTS) is 1. The summed E-state index contributed by atoms with van der Waals surface area (Å²) in [6.07, 6.45) is 0.485. The second kappa shape index (κ2) is 11.9. The first kappa shape index (κ1) is 18.6. The normalized spacial score (nSPS) is 7.42. The summed E-state index contributed by atoms with van der Waals surface area (Å²) in [5.74, 6) is -2.80. The van der Waals surface area contributed by atoms with E-state index < -0.39 is 11.9 Å². The number of hydrogen-bond donors (Lipinski definition) is 2. The van der Waals surface area contributed by atoms with Crippen molar-refractivity contribution in [2.24, 2.45) is 5.73 Å². The van der Waals surface area contributed by atoms with Crippen LogP contribution in [0.1, 0.15) is 6.42 Å². The van der Waals surface area contributed by atoms with Gasteiger partial charge in [0.1, 0.15) is 0 Å². The zero-order chi connectivity index (χ0) is 7.98. The van der Waals surface area contributed by atoms with Crippen LogP contribution in [-0.2, 0) is 14.3 Å². The Kier molecular flexibility index (Phi) is 18.5. The van der Waals surface area contributed by atoms with Gasteiger partial charge in [-0.3, -0.25) is 0 Å². The van der Waals surface area contributed by atoms with Crippen LogP contribution in [0.3, 0.4) is 0 Å². The van der Waals surface area contributed by atoms with Crippen LogP contribution < -0.4 is 5.73 Å². The molecule has 0 aliphatic carbocycles. The van der Waals surface area contributed by atoms with Gasteiger partial charge in [0.25, 0.3) is 0 Å². The molecular formula is C5H9NNa2O4. The summed E-state index contributed by atoms with van der Waals surface area (Å²) in [5.41, 5.74) is 5.05. The Morgan fingerprint density at radius 3 is 2.17 bits per heavy atom. The van der Waals surface area contributed by atoms with Crippen molar-refractivity contribution in [1.29, 1.82) is 0 Å². The fraction of sp³-hybridized carbons (Fsp3) is 0.600. The van der Waals surface area contributed by atoms with E-state index in [4.69, 9.17) is 10.8 Å². The summed E-state index contributed by atoms with van der Waals surface area (Å²) in [5, 5.41) is 7.98. The standard InChI is InChI=1S/C5H9NO4.2Na/c6-2-1-3-10-5(9)4(7)8;;/h1-3,6H2,(H,7,8);;. The molecule has 0 aliphatic rings. The number of nitrogens with two attached hydrogens (primary N) is 1. The Labute approximate surface area is 115 Å². The van der Waals surface area contributed by atoms with E-state index in [-0.39, 0.29) is 65.7 Å². The summed E-state index contributed by atoms with van der Waals surface area (Å²) in [7, 11) is 0. The first-order chi connectivity index (χ1) is 4.68. The molecule has 0 heterocycles. The smallest absolute Gasteiger partial charge is 0.417 e. The van der Waals surface area contributed by atoms with Gasteiger partial charge < -0.3 is 15.6 Å². The Morgan fingerprint density at radius 2 is 1.83 bits per heavy atom. The molecule has 12 heavy (non-hydrogen) atoms. The monoisotopic (exact) mass is 193 g/mol. The molecule has 0 saturated heterocycles. The van der Waals surface area contributed by atoms with Gasteiger partial charge in [0.15, 0.2) is 0 Å². The van der Waals surface area contributed by atoms with Crippen LogP contribution in [0.2, 0.25) is 0 Å². The van der Waals surface area contributed by atoms with Crippen molar-refractivity contribution in [3.05, 3.63) is 0 Å². The third kappa shape index (κ3) is 10.9. The van der Waals surface area contributed by atoms with Crippen LogP contribution >= 0.6 is 0 Å². The molecule has 0 aromatic carbocycles. The molecule has 0 aromatic heterocycles. The minimum absolute atomic E-state index is 0. The molecule has 0 spiro atoms. The maximum Gasteiger partial charge on any atom is 0.417 e. The van der Waals surface area contributed by atoms with Crippen LogP contribution in [0.25, 0.3) is 0 Å². The second-order valence-corrected chi connectivity index (χ2v) is 1.58. The van der Waals surface area contributed by atoms with Crippen molar-refractivity contribution in [3.8, 4) is 0 Å². The van der Waals surface area contributed by atoms with Crippen molar-refractivity contribution in [2.45, 2.75) is 6.42 Å². The van der Waals surface area contributed by atoms with Crippen molar-refractivity contribution in [3.63, 3.8) is 0 Å². The van der Waals surface area contributed by atoms with Crippen LogP contribution in [0.15, 0.2) is 0 Å². The minimum atomic E-state index is -1.57. The Bertz CT molecular complexity index is 141. The van der Waals surface area contributed by atoms with Gasteiger partial charge in [-0.1, -0.05) is 0 Å². The number of carbonyl (C=O) groups excluding carboxylic acids is 1. The number of rotatable bonds is 3. The first-order valence-electron chi connectivity index (χ1n) is 2.78. The number of carboxylic acids is 1. The van der Waals surface area contributed by atoms with E-state index >= 15 is 0 Å². The van der Waals surface area contributed by atoms with Crippen LogP contribution in [-0.4, -0.2) is 89.3 Å². The van der Waals surface area contributed by atoms with E-state index in [2.05, 4.69) is 4.74 Å². The second-order valence-electron chi connectivity index (χ2n) is 1.58. The van der Waals surface area contributed by atoms with Gasteiger partial charge in [0, 0.05) is 59.1 Å². The van der Waals surface area contributed by atoms with Gasteiger partial charge >= 0.3 is 11.9 Å². The number of esters is 1. The first-order valence-corrected chi connectivity index (χ1v) is 2.78. The summed E-state index contributed by atoms with van der Waals surface area (Å²) in [6, 6.07) is 0. The van der Waals surface area contributed by atoms with Crippen LogP contribution in [0.5, 0.6) is 0 Å². The molecule has 0 aliphatic heterocycles. The fourth-order valence-electron chi connectivity index (χ4n) is 0.310. The van der Waals surface area contributed by atoms with Gasteiger partial charge in [-0.25, -0.2) is 9.59 Å². The van der Waals surface area contributed by atoms with Crippen molar-refractivity contribution in [2.75, 3.05) is 13.2 Å². The van der Waals surface area contributed by atoms with E-state index in [0.717, 1.165) is 0 Å². The number of aliphatic carboxylic acids is 1. The summed E-state index contributed by atoms with van der Waals surface area (Å²) in [6.45, 7) is 0.453. The van der Waals surface area contributed by atoms with Gasteiger partial charge in [-0.05, 0) is 13.0 Å². The zero-order valence-corrected chi connectivity index (χ0v) is 11.4. The average Bonchev–Trinajstić information content (AvgIpc) is 1.88. The third-order valence-corrected chi connectivity index (χ3v) is 0.756. The van der Waals surface area contributed by atoms with E-state index in [1.54, 1.807) is 0 Å². The molecule has 0 fully saturated rings. The predicted molar refractivity (Wildman–Crippen MR) is 43.8 cm³/mol. The Balaban J connectivity index is -0.000000405. The van der Waals surface area contributed by atoms with E-state index in [9.17, 15) is 9.59 Å². The molecule has 0 aromatic rings. The Morgan fingerprint density at radius 1 is 1.33 bits per heavy atom. The third-order valence-electron chi connectivity index (χ3n) is 0.756. The molecule has 0 unspecified atom stereocenters. The molecule has 0 saturated carbocycles. The largest absolute Gasteiger partial charge is 0.473 e. The molecular weight excluding hydrogens is 184 g/mol. The van der Waals surface area contributed by atoms with Crippen LogP contribution in [0.4, 0.5) is 0 Å². The number of hydrogen-bond acceptors (Lipinski definition) is 4. The maximum atomic E-state index is 10.2. The van der Waals surface area contributed by atoms with Crippen molar-refractivity contribution in [1.82, 2.24) is 0 Å².